The number of amides is 1. The summed E-state index contributed by atoms with van der Waals surface area (Å²) >= 11 is 1.48. The second kappa shape index (κ2) is 10.2. The van der Waals surface area contributed by atoms with Crippen LogP contribution in [0.4, 0.5) is 5.13 Å². The van der Waals surface area contributed by atoms with Crippen LogP contribution >= 0.6 is 11.3 Å². The van der Waals surface area contributed by atoms with Gasteiger partial charge in [-0.15, -0.1) is 0 Å². The van der Waals surface area contributed by atoms with E-state index < -0.39 is 0 Å². The van der Waals surface area contributed by atoms with Crippen LogP contribution in [0.1, 0.15) is 36.5 Å². The molecule has 0 fully saturated rings. The monoisotopic (exact) mass is 455 g/mol. The quantitative estimate of drug-likeness (QED) is 0.409. The van der Waals surface area contributed by atoms with Crippen molar-refractivity contribution in [2.24, 2.45) is 0 Å². The summed E-state index contributed by atoms with van der Waals surface area (Å²) in [6.07, 6.45) is 3.35. The number of carbonyl (C=O) groups excluding carboxylic acids is 1. The summed E-state index contributed by atoms with van der Waals surface area (Å²) in [5.41, 5.74) is 1.41. The molecule has 2 heterocycles. The first-order chi connectivity index (χ1) is 15.5. The highest BCUT2D eigenvalue weighted by Gasteiger charge is 2.23. The van der Waals surface area contributed by atoms with Crippen molar-refractivity contribution in [3.63, 3.8) is 0 Å². The lowest BCUT2D eigenvalue weighted by Crippen LogP contribution is -2.36. The number of ether oxygens (including phenoxy) is 3. The Balaban J connectivity index is 1.54. The molecule has 1 aliphatic rings. The number of likely N-dealkylation sites (N-methyl/N-ethyl adjacent to an activating group) is 1. The number of unbranched alkanes of at least 4 members (excludes halogenated alkanes) is 2. The summed E-state index contributed by atoms with van der Waals surface area (Å²) in [5, 5.41) is 0.662. The average molecular weight is 456 g/mol. The van der Waals surface area contributed by atoms with Crippen LogP contribution in [0, 0.1) is 0 Å². The van der Waals surface area contributed by atoms with Gasteiger partial charge in [-0.3, -0.25) is 9.69 Å². The summed E-state index contributed by atoms with van der Waals surface area (Å²) in [6, 6.07) is 11.2. The molecule has 32 heavy (non-hydrogen) atoms. The maximum atomic E-state index is 13.4. The van der Waals surface area contributed by atoms with Crippen LogP contribution < -0.4 is 19.1 Å². The summed E-state index contributed by atoms with van der Waals surface area (Å²) in [6.45, 7) is 4.35. The molecule has 170 valence electrons. The van der Waals surface area contributed by atoms with E-state index in [1.54, 1.807) is 4.90 Å². The minimum absolute atomic E-state index is 0.0801. The molecule has 4 rings (SSSR count). The number of nitrogens with zero attached hydrogens (tertiary/aromatic N) is 3. The van der Waals surface area contributed by atoms with Crippen LogP contribution in [0.25, 0.3) is 10.2 Å². The Hall–Kier alpha value is -2.84. The number of benzene rings is 2. The molecule has 0 spiro atoms. The van der Waals surface area contributed by atoms with E-state index in [0.717, 1.165) is 41.8 Å². The van der Waals surface area contributed by atoms with Crippen LogP contribution in [-0.4, -0.2) is 56.4 Å². The van der Waals surface area contributed by atoms with Gasteiger partial charge in [-0.2, -0.15) is 0 Å². The zero-order valence-electron chi connectivity index (χ0n) is 18.8. The van der Waals surface area contributed by atoms with Crippen LogP contribution in [0.15, 0.2) is 36.4 Å². The third kappa shape index (κ3) is 5.14. The van der Waals surface area contributed by atoms with Crippen LogP contribution in [0.2, 0.25) is 0 Å². The first-order valence-electron chi connectivity index (χ1n) is 10.9. The van der Waals surface area contributed by atoms with Gasteiger partial charge >= 0.3 is 0 Å². The Kier molecular flexibility index (Phi) is 7.12. The maximum Gasteiger partial charge on any atom is 0.260 e. The zero-order valence-corrected chi connectivity index (χ0v) is 19.6. The predicted octanol–water partition coefficient (Wildman–Crippen LogP) is 4.80. The normalized spacial score (nSPS) is 12.5. The Labute approximate surface area is 192 Å². The molecule has 0 saturated carbocycles. The Morgan fingerprint density at radius 2 is 1.84 bits per heavy atom. The van der Waals surface area contributed by atoms with Crippen molar-refractivity contribution in [1.29, 1.82) is 0 Å². The molecule has 3 aromatic rings. The minimum atomic E-state index is -0.0801. The molecular formula is C24H29N3O4S. The number of hydrogen-bond acceptors (Lipinski definition) is 7. The van der Waals surface area contributed by atoms with Crippen LogP contribution in [0.3, 0.4) is 0 Å². The first kappa shape index (κ1) is 22.4. The first-order valence-corrected chi connectivity index (χ1v) is 11.8. The molecule has 2 aromatic carbocycles. The smallest absolute Gasteiger partial charge is 0.260 e. The molecule has 0 atom stereocenters. The number of rotatable bonds is 10. The van der Waals surface area contributed by atoms with Gasteiger partial charge in [0, 0.05) is 30.8 Å². The summed E-state index contributed by atoms with van der Waals surface area (Å²) in [4.78, 5) is 22.0. The average Bonchev–Trinajstić information content (AvgIpc) is 3.41. The van der Waals surface area contributed by atoms with Crippen molar-refractivity contribution in [2.75, 3.05) is 45.5 Å². The van der Waals surface area contributed by atoms with Gasteiger partial charge in [0.25, 0.3) is 5.91 Å². The second-order valence-corrected chi connectivity index (χ2v) is 9.02. The van der Waals surface area contributed by atoms with E-state index >= 15 is 0 Å². The van der Waals surface area contributed by atoms with Crippen molar-refractivity contribution < 1.29 is 19.0 Å². The summed E-state index contributed by atoms with van der Waals surface area (Å²) in [7, 11) is 3.98. The molecule has 8 heteroatoms. The van der Waals surface area contributed by atoms with Crippen molar-refractivity contribution >= 4 is 32.6 Å². The molecule has 0 N–H and O–H groups in total. The van der Waals surface area contributed by atoms with E-state index in [9.17, 15) is 4.79 Å². The van der Waals surface area contributed by atoms with E-state index in [1.165, 1.54) is 11.3 Å². The number of anilines is 1. The maximum absolute atomic E-state index is 13.4. The Bertz CT molecular complexity index is 1020. The van der Waals surface area contributed by atoms with Crippen LogP contribution in [-0.2, 0) is 0 Å². The van der Waals surface area contributed by atoms with Gasteiger partial charge in [0.05, 0.1) is 16.8 Å². The van der Waals surface area contributed by atoms with Gasteiger partial charge in [0.15, 0.2) is 16.6 Å². The van der Waals surface area contributed by atoms with E-state index in [2.05, 4.69) is 11.8 Å². The Morgan fingerprint density at radius 1 is 1.09 bits per heavy atom. The molecule has 1 amide bonds. The van der Waals surface area contributed by atoms with Gasteiger partial charge in [0.2, 0.25) is 6.79 Å². The largest absolute Gasteiger partial charge is 0.494 e. The van der Waals surface area contributed by atoms with Gasteiger partial charge < -0.3 is 19.1 Å². The van der Waals surface area contributed by atoms with E-state index in [1.807, 2.05) is 50.5 Å². The number of fused-ring (bicyclic) bond motifs is 2. The SMILES string of the molecule is CCCCCOc1ccc(C(=O)N(CCN(C)C)c2nc3cc4c(cc3s2)OCO4)cc1. The number of hydrogen-bond donors (Lipinski definition) is 0. The number of thiazole rings is 1. The molecule has 0 bridgehead atoms. The zero-order chi connectivity index (χ0) is 22.5. The lowest BCUT2D eigenvalue weighted by Gasteiger charge is -2.22. The van der Waals surface area contributed by atoms with Crippen molar-refractivity contribution in [1.82, 2.24) is 9.88 Å². The topological polar surface area (TPSA) is 64.1 Å². The molecule has 0 radical (unpaired) electrons. The fraction of sp³-hybridized carbons (Fsp3) is 0.417. The highest BCUT2D eigenvalue weighted by atomic mass is 32.1. The minimum Gasteiger partial charge on any atom is -0.494 e. The van der Waals surface area contributed by atoms with Crippen molar-refractivity contribution in [2.45, 2.75) is 26.2 Å². The molecule has 1 aromatic heterocycles. The summed E-state index contributed by atoms with van der Waals surface area (Å²) < 4.78 is 17.7. The highest BCUT2D eigenvalue weighted by molar-refractivity contribution is 7.22. The van der Waals surface area contributed by atoms with Gasteiger partial charge in [-0.25, -0.2) is 4.98 Å². The van der Waals surface area contributed by atoms with E-state index in [-0.39, 0.29) is 12.7 Å². The van der Waals surface area contributed by atoms with E-state index in [0.29, 0.717) is 35.3 Å². The fourth-order valence-corrected chi connectivity index (χ4v) is 4.40. The van der Waals surface area contributed by atoms with Gasteiger partial charge in [0.1, 0.15) is 5.75 Å². The van der Waals surface area contributed by atoms with Crippen molar-refractivity contribution in [3.05, 3.63) is 42.0 Å². The molecule has 1 aliphatic heterocycles. The molecular weight excluding hydrogens is 426 g/mol. The predicted molar refractivity (Wildman–Crippen MR) is 127 cm³/mol. The number of aromatic nitrogens is 1. The third-order valence-electron chi connectivity index (χ3n) is 5.24. The lowest BCUT2D eigenvalue weighted by atomic mass is 10.2. The molecule has 0 saturated heterocycles. The molecule has 0 aliphatic carbocycles. The van der Waals surface area contributed by atoms with Crippen LogP contribution in [0.5, 0.6) is 17.2 Å². The van der Waals surface area contributed by atoms with Gasteiger partial charge in [-0.1, -0.05) is 31.1 Å². The highest BCUT2D eigenvalue weighted by Crippen LogP contribution is 2.40. The second-order valence-electron chi connectivity index (χ2n) is 8.01. The van der Waals surface area contributed by atoms with Gasteiger partial charge in [-0.05, 0) is 44.8 Å². The molecule has 7 nitrogen and oxygen atoms in total. The number of carbonyl (C=O) groups is 1. The van der Waals surface area contributed by atoms with E-state index in [4.69, 9.17) is 19.2 Å². The standard InChI is InChI=1S/C24H29N3O4S/c1-4-5-6-13-29-18-9-7-17(8-10-18)23(28)27(12-11-26(2)3)24-25-19-14-20-21(31-16-30-20)15-22(19)32-24/h7-10,14-15H,4-6,11-13,16H2,1-3H3. The lowest BCUT2D eigenvalue weighted by molar-refractivity contribution is 0.0985. The van der Waals surface area contributed by atoms with Crippen molar-refractivity contribution in [3.8, 4) is 17.2 Å². The third-order valence-corrected chi connectivity index (χ3v) is 6.28. The Morgan fingerprint density at radius 3 is 2.56 bits per heavy atom. The summed E-state index contributed by atoms with van der Waals surface area (Å²) in [5.74, 6) is 2.11. The molecule has 0 unspecified atom stereocenters. The fourth-order valence-electron chi connectivity index (χ4n) is 3.40.